The molecule has 0 aromatic heterocycles. The zero-order chi connectivity index (χ0) is 14.2. The molecular weight excluding hydrogens is 264 g/mol. The van der Waals surface area contributed by atoms with E-state index in [1.165, 1.54) is 5.56 Å². The fourth-order valence-electron chi connectivity index (χ4n) is 2.85. The summed E-state index contributed by atoms with van der Waals surface area (Å²) in [5.74, 6) is -0.183. The highest BCUT2D eigenvalue weighted by molar-refractivity contribution is 6.33. The number of methoxy groups -OCH3 is 1. The van der Waals surface area contributed by atoms with Crippen LogP contribution in [0.3, 0.4) is 0 Å². The van der Waals surface area contributed by atoms with E-state index in [1.54, 1.807) is 7.11 Å². The first kappa shape index (κ1) is 14.2. The Bertz CT molecular complexity index is 521. The Morgan fingerprint density at radius 1 is 1.47 bits per heavy atom. The Labute approximate surface area is 118 Å². The lowest BCUT2D eigenvalue weighted by Crippen LogP contribution is -2.23. The van der Waals surface area contributed by atoms with Crippen molar-refractivity contribution in [3.8, 4) is 5.75 Å². The van der Waals surface area contributed by atoms with Gasteiger partial charge in [0.2, 0.25) is 0 Å². The quantitative estimate of drug-likeness (QED) is 0.918. The van der Waals surface area contributed by atoms with Gasteiger partial charge in [-0.05, 0) is 30.4 Å². The lowest BCUT2D eigenvalue weighted by molar-refractivity contribution is -0.138. The minimum absolute atomic E-state index is 0.0540. The van der Waals surface area contributed by atoms with Crippen molar-refractivity contribution in [2.45, 2.75) is 44.9 Å². The van der Waals surface area contributed by atoms with Crippen molar-refractivity contribution >= 4 is 17.6 Å². The van der Waals surface area contributed by atoms with Gasteiger partial charge in [-0.25, -0.2) is 0 Å². The number of hydrogen-bond donors (Lipinski definition) is 1. The average molecular weight is 283 g/mol. The summed E-state index contributed by atoms with van der Waals surface area (Å²) in [7, 11) is 1.59. The SMILES string of the molecule is COc1c(C(C)(C)CC(=O)O)cc2c(c1Cl)CCC2. The first-order valence-electron chi connectivity index (χ1n) is 6.47. The molecule has 3 nitrogen and oxygen atoms in total. The monoisotopic (exact) mass is 282 g/mol. The van der Waals surface area contributed by atoms with Crippen molar-refractivity contribution in [3.63, 3.8) is 0 Å². The molecule has 0 saturated heterocycles. The highest BCUT2D eigenvalue weighted by Gasteiger charge is 2.31. The lowest BCUT2D eigenvalue weighted by atomic mass is 9.80. The van der Waals surface area contributed by atoms with Crippen LogP contribution in [-0.4, -0.2) is 18.2 Å². The van der Waals surface area contributed by atoms with Gasteiger partial charge in [0.25, 0.3) is 0 Å². The molecule has 0 aliphatic heterocycles. The van der Waals surface area contributed by atoms with E-state index in [4.69, 9.17) is 21.4 Å². The third kappa shape index (κ3) is 2.57. The molecule has 1 aromatic carbocycles. The van der Waals surface area contributed by atoms with E-state index in [0.29, 0.717) is 10.8 Å². The fourth-order valence-corrected chi connectivity index (χ4v) is 3.24. The predicted molar refractivity (Wildman–Crippen MR) is 75.3 cm³/mol. The summed E-state index contributed by atoms with van der Waals surface area (Å²) in [4.78, 5) is 11.0. The summed E-state index contributed by atoms with van der Waals surface area (Å²) in [6.45, 7) is 3.83. The van der Waals surface area contributed by atoms with Crippen LogP contribution in [0.4, 0.5) is 0 Å². The van der Waals surface area contributed by atoms with E-state index in [1.807, 2.05) is 13.8 Å². The number of carbonyl (C=O) groups is 1. The van der Waals surface area contributed by atoms with Gasteiger partial charge in [0.1, 0.15) is 5.75 Å². The Kier molecular flexibility index (Phi) is 3.77. The summed E-state index contributed by atoms with van der Waals surface area (Å²) in [5.41, 5.74) is 2.79. The summed E-state index contributed by atoms with van der Waals surface area (Å²) < 4.78 is 5.44. The van der Waals surface area contributed by atoms with Crippen LogP contribution in [0.25, 0.3) is 0 Å². The Balaban J connectivity index is 2.57. The first-order chi connectivity index (χ1) is 8.86. The zero-order valence-corrected chi connectivity index (χ0v) is 12.3. The highest BCUT2D eigenvalue weighted by Crippen LogP contribution is 2.44. The van der Waals surface area contributed by atoms with Crippen LogP contribution in [0.1, 0.15) is 43.4 Å². The standard InChI is InChI=1S/C15H19ClO3/c1-15(2,8-12(17)18)11-7-9-5-4-6-10(9)13(16)14(11)19-3/h7H,4-6,8H2,1-3H3,(H,17,18). The Hall–Kier alpha value is -1.22. The van der Waals surface area contributed by atoms with Gasteiger partial charge in [0, 0.05) is 11.0 Å². The maximum absolute atomic E-state index is 11.0. The number of fused-ring (bicyclic) bond motifs is 1. The van der Waals surface area contributed by atoms with Gasteiger partial charge >= 0.3 is 5.97 Å². The summed E-state index contributed by atoms with van der Waals surface area (Å²) in [5, 5.41) is 9.72. The number of aliphatic carboxylic acids is 1. The van der Waals surface area contributed by atoms with Crippen LogP contribution < -0.4 is 4.74 Å². The van der Waals surface area contributed by atoms with E-state index in [2.05, 4.69) is 6.07 Å². The maximum atomic E-state index is 11.0. The topological polar surface area (TPSA) is 46.5 Å². The number of halogens is 1. The number of rotatable bonds is 4. The van der Waals surface area contributed by atoms with E-state index in [9.17, 15) is 4.79 Å². The molecule has 2 rings (SSSR count). The first-order valence-corrected chi connectivity index (χ1v) is 6.85. The smallest absolute Gasteiger partial charge is 0.304 e. The summed E-state index contributed by atoms with van der Waals surface area (Å²) in [6, 6.07) is 2.08. The maximum Gasteiger partial charge on any atom is 0.304 e. The molecule has 1 aliphatic carbocycles. The van der Waals surface area contributed by atoms with Gasteiger partial charge in [-0.1, -0.05) is 31.5 Å². The molecule has 0 bridgehead atoms. The molecule has 0 spiro atoms. The van der Waals surface area contributed by atoms with Crippen molar-refractivity contribution in [2.75, 3.05) is 7.11 Å². The van der Waals surface area contributed by atoms with Crippen LogP contribution in [-0.2, 0) is 23.1 Å². The molecule has 0 heterocycles. The number of ether oxygens (including phenoxy) is 1. The molecule has 0 saturated carbocycles. The van der Waals surface area contributed by atoms with Crippen molar-refractivity contribution in [1.29, 1.82) is 0 Å². The predicted octanol–water partition coefficient (Wildman–Crippen LogP) is 3.59. The van der Waals surface area contributed by atoms with Gasteiger partial charge in [-0.2, -0.15) is 0 Å². The summed E-state index contributed by atoms with van der Waals surface area (Å²) >= 11 is 6.43. The van der Waals surface area contributed by atoms with Gasteiger partial charge in [0.15, 0.2) is 0 Å². The van der Waals surface area contributed by atoms with E-state index < -0.39 is 11.4 Å². The van der Waals surface area contributed by atoms with Gasteiger partial charge < -0.3 is 9.84 Å². The second-order valence-corrected chi connectivity index (χ2v) is 6.09. The molecule has 0 radical (unpaired) electrons. The molecule has 0 amide bonds. The molecule has 1 N–H and O–H groups in total. The molecule has 19 heavy (non-hydrogen) atoms. The number of carboxylic acids is 1. The number of aryl methyl sites for hydroxylation is 1. The molecule has 104 valence electrons. The Morgan fingerprint density at radius 3 is 2.74 bits per heavy atom. The molecule has 1 aromatic rings. The van der Waals surface area contributed by atoms with Crippen LogP contribution in [0.2, 0.25) is 5.02 Å². The van der Waals surface area contributed by atoms with Crippen LogP contribution >= 0.6 is 11.6 Å². The minimum Gasteiger partial charge on any atom is -0.495 e. The minimum atomic E-state index is -0.816. The van der Waals surface area contributed by atoms with E-state index >= 15 is 0 Å². The molecular formula is C15H19ClO3. The van der Waals surface area contributed by atoms with Crippen LogP contribution in [0.15, 0.2) is 6.07 Å². The van der Waals surface area contributed by atoms with Crippen molar-refractivity contribution in [2.24, 2.45) is 0 Å². The summed E-state index contributed by atoms with van der Waals surface area (Å²) in [6.07, 6.45) is 3.14. The molecule has 0 atom stereocenters. The highest BCUT2D eigenvalue weighted by atomic mass is 35.5. The van der Waals surface area contributed by atoms with Gasteiger partial charge in [-0.3, -0.25) is 4.79 Å². The van der Waals surface area contributed by atoms with Gasteiger partial charge in [-0.15, -0.1) is 0 Å². The zero-order valence-electron chi connectivity index (χ0n) is 11.5. The fraction of sp³-hybridized carbons (Fsp3) is 0.533. The molecule has 4 heteroatoms. The number of benzene rings is 1. The van der Waals surface area contributed by atoms with Crippen LogP contribution in [0, 0.1) is 0 Å². The van der Waals surface area contributed by atoms with E-state index in [-0.39, 0.29) is 6.42 Å². The second-order valence-electron chi connectivity index (χ2n) is 5.72. The number of carboxylic acid groups (broad SMARTS) is 1. The van der Waals surface area contributed by atoms with Crippen molar-refractivity contribution < 1.29 is 14.6 Å². The van der Waals surface area contributed by atoms with Crippen molar-refractivity contribution in [3.05, 3.63) is 27.8 Å². The number of hydrogen-bond acceptors (Lipinski definition) is 2. The lowest BCUT2D eigenvalue weighted by Gasteiger charge is -2.27. The molecule has 0 fully saturated rings. The van der Waals surface area contributed by atoms with Crippen LogP contribution in [0.5, 0.6) is 5.75 Å². The Morgan fingerprint density at radius 2 is 2.16 bits per heavy atom. The normalized spacial score (nSPS) is 14.3. The molecule has 0 unspecified atom stereocenters. The van der Waals surface area contributed by atoms with Crippen molar-refractivity contribution in [1.82, 2.24) is 0 Å². The largest absolute Gasteiger partial charge is 0.495 e. The van der Waals surface area contributed by atoms with Gasteiger partial charge in [0.05, 0.1) is 18.6 Å². The third-order valence-electron chi connectivity index (χ3n) is 3.81. The second kappa shape index (κ2) is 5.04. The molecule has 1 aliphatic rings. The van der Waals surface area contributed by atoms with E-state index in [0.717, 1.165) is 30.4 Å². The third-order valence-corrected chi connectivity index (χ3v) is 4.21. The average Bonchev–Trinajstić information content (AvgIpc) is 2.75.